The van der Waals surface area contributed by atoms with Gasteiger partial charge in [-0.15, -0.1) is 0 Å². The number of carbonyl (C=O) groups is 1. The predicted molar refractivity (Wildman–Crippen MR) is 63.9 cm³/mol. The van der Waals surface area contributed by atoms with Gasteiger partial charge in [0.2, 0.25) is 5.89 Å². The highest BCUT2D eigenvalue weighted by Gasteiger charge is 2.17. The van der Waals surface area contributed by atoms with Crippen molar-refractivity contribution in [3.8, 4) is 0 Å². The van der Waals surface area contributed by atoms with Crippen LogP contribution in [0.15, 0.2) is 23.0 Å². The molecule has 6 heteroatoms. The van der Waals surface area contributed by atoms with Gasteiger partial charge in [-0.1, -0.05) is 5.16 Å². The summed E-state index contributed by atoms with van der Waals surface area (Å²) in [7, 11) is 0. The average molecular weight is 246 g/mol. The molecule has 2 rings (SSSR count). The van der Waals surface area contributed by atoms with Gasteiger partial charge in [0.1, 0.15) is 6.04 Å². The molecule has 0 unspecified atom stereocenters. The van der Waals surface area contributed by atoms with E-state index in [9.17, 15) is 4.79 Å². The number of amides is 1. The second kappa shape index (κ2) is 4.95. The molecule has 0 saturated heterocycles. The largest absolute Gasteiger partial charge is 0.341 e. The van der Waals surface area contributed by atoms with Crippen LogP contribution in [0.4, 0.5) is 0 Å². The molecule has 2 aromatic rings. The van der Waals surface area contributed by atoms with E-state index in [2.05, 4.69) is 20.4 Å². The van der Waals surface area contributed by atoms with E-state index in [0.29, 0.717) is 17.3 Å². The van der Waals surface area contributed by atoms with Crippen molar-refractivity contribution in [2.75, 3.05) is 0 Å². The third kappa shape index (κ3) is 2.53. The van der Waals surface area contributed by atoms with Crippen LogP contribution in [0, 0.1) is 13.8 Å². The fraction of sp³-hybridized carbons (Fsp3) is 0.333. The third-order valence-electron chi connectivity index (χ3n) is 2.53. The van der Waals surface area contributed by atoms with Crippen molar-refractivity contribution in [2.24, 2.45) is 0 Å². The molecule has 0 bridgehead atoms. The highest BCUT2D eigenvalue weighted by molar-refractivity contribution is 5.95. The van der Waals surface area contributed by atoms with E-state index in [4.69, 9.17) is 4.52 Å². The molecule has 0 spiro atoms. The van der Waals surface area contributed by atoms with Gasteiger partial charge in [-0.25, -0.2) is 0 Å². The van der Waals surface area contributed by atoms with Gasteiger partial charge in [0, 0.05) is 18.0 Å². The first kappa shape index (κ1) is 12.2. The predicted octanol–water partition coefficient (Wildman–Crippen LogP) is 1.57. The highest BCUT2D eigenvalue weighted by atomic mass is 16.5. The van der Waals surface area contributed by atoms with E-state index in [0.717, 1.165) is 5.56 Å². The topological polar surface area (TPSA) is 80.9 Å². The number of rotatable bonds is 3. The van der Waals surface area contributed by atoms with E-state index in [1.54, 1.807) is 32.3 Å². The number of carbonyl (C=O) groups excluding carboxylic acids is 1. The zero-order valence-electron chi connectivity index (χ0n) is 10.5. The minimum atomic E-state index is -0.328. The SMILES string of the molecule is Cc1noc([C@@H](C)NC(=O)c2ccncc2C)n1. The Bertz CT molecular complexity index is 565. The molecule has 1 amide bonds. The van der Waals surface area contributed by atoms with Crippen molar-refractivity contribution < 1.29 is 9.32 Å². The summed E-state index contributed by atoms with van der Waals surface area (Å²) in [6, 6.07) is 1.35. The van der Waals surface area contributed by atoms with Crippen LogP contribution >= 0.6 is 0 Å². The van der Waals surface area contributed by atoms with Crippen LogP contribution in [-0.2, 0) is 0 Å². The lowest BCUT2D eigenvalue weighted by Crippen LogP contribution is -2.27. The Morgan fingerprint density at radius 3 is 2.83 bits per heavy atom. The van der Waals surface area contributed by atoms with Crippen molar-refractivity contribution in [3.63, 3.8) is 0 Å². The first-order valence-corrected chi connectivity index (χ1v) is 5.59. The Morgan fingerprint density at radius 2 is 2.22 bits per heavy atom. The Morgan fingerprint density at radius 1 is 1.44 bits per heavy atom. The molecule has 94 valence electrons. The molecule has 0 saturated carbocycles. The molecule has 6 nitrogen and oxygen atoms in total. The summed E-state index contributed by atoms with van der Waals surface area (Å²) in [5.74, 6) is 0.761. The molecular formula is C12H14N4O2. The van der Waals surface area contributed by atoms with Crippen LogP contribution in [0.1, 0.15) is 40.6 Å². The van der Waals surface area contributed by atoms with Gasteiger partial charge in [0.15, 0.2) is 5.82 Å². The Kier molecular flexibility index (Phi) is 3.36. The Hall–Kier alpha value is -2.24. The molecule has 1 N–H and O–H groups in total. The first-order valence-electron chi connectivity index (χ1n) is 5.59. The van der Waals surface area contributed by atoms with Gasteiger partial charge in [-0.2, -0.15) is 4.98 Å². The normalized spacial score (nSPS) is 12.2. The van der Waals surface area contributed by atoms with E-state index < -0.39 is 0 Å². The molecule has 18 heavy (non-hydrogen) atoms. The van der Waals surface area contributed by atoms with Crippen molar-refractivity contribution in [1.29, 1.82) is 0 Å². The molecule has 0 fully saturated rings. The lowest BCUT2D eigenvalue weighted by atomic mass is 10.1. The van der Waals surface area contributed by atoms with Crippen LogP contribution in [0.25, 0.3) is 0 Å². The third-order valence-corrected chi connectivity index (χ3v) is 2.53. The number of aromatic nitrogens is 3. The van der Waals surface area contributed by atoms with Gasteiger partial charge in [0.05, 0.1) is 0 Å². The molecule has 0 aliphatic heterocycles. The van der Waals surface area contributed by atoms with Crippen molar-refractivity contribution in [2.45, 2.75) is 26.8 Å². The summed E-state index contributed by atoms with van der Waals surface area (Å²) < 4.78 is 5.00. The maximum atomic E-state index is 12.0. The van der Waals surface area contributed by atoms with E-state index >= 15 is 0 Å². The second-order valence-corrected chi connectivity index (χ2v) is 4.07. The Balaban J connectivity index is 2.10. The standard InChI is InChI=1S/C12H14N4O2/c1-7-6-13-5-4-10(7)11(17)14-8(2)12-15-9(3)16-18-12/h4-6,8H,1-3H3,(H,14,17)/t8-/m1/s1. The monoisotopic (exact) mass is 246 g/mol. The number of aryl methyl sites for hydroxylation is 2. The number of nitrogens with one attached hydrogen (secondary N) is 1. The number of hydrogen-bond acceptors (Lipinski definition) is 5. The van der Waals surface area contributed by atoms with E-state index in [1.165, 1.54) is 0 Å². The molecule has 0 aliphatic rings. The van der Waals surface area contributed by atoms with Crippen LogP contribution in [0.2, 0.25) is 0 Å². The first-order chi connectivity index (χ1) is 8.58. The van der Waals surface area contributed by atoms with Crippen molar-refractivity contribution >= 4 is 5.91 Å². The van der Waals surface area contributed by atoms with Crippen molar-refractivity contribution in [1.82, 2.24) is 20.4 Å². The molecule has 0 aliphatic carbocycles. The quantitative estimate of drug-likeness (QED) is 0.889. The zero-order chi connectivity index (χ0) is 13.1. The molecule has 1 atom stereocenters. The summed E-state index contributed by atoms with van der Waals surface area (Å²) >= 11 is 0. The lowest BCUT2D eigenvalue weighted by Gasteiger charge is -2.10. The minimum Gasteiger partial charge on any atom is -0.341 e. The van der Waals surface area contributed by atoms with Crippen LogP contribution < -0.4 is 5.32 Å². The van der Waals surface area contributed by atoms with Crippen LogP contribution in [0.3, 0.4) is 0 Å². The lowest BCUT2D eigenvalue weighted by molar-refractivity contribution is 0.0932. The summed E-state index contributed by atoms with van der Waals surface area (Å²) in [4.78, 5) is 20.0. The van der Waals surface area contributed by atoms with Gasteiger partial charge < -0.3 is 9.84 Å². The molecule has 2 heterocycles. The molecule has 0 aromatic carbocycles. The average Bonchev–Trinajstić information content (AvgIpc) is 2.76. The van der Waals surface area contributed by atoms with Crippen LogP contribution in [-0.4, -0.2) is 21.0 Å². The summed E-state index contributed by atoms with van der Waals surface area (Å²) in [6.45, 7) is 5.36. The van der Waals surface area contributed by atoms with E-state index in [1.807, 2.05) is 6.92 Å². The Labute approximate surface area is 104 Å². The fourth-order valence-corrected chi connectivity index (χ4v) is 1.55. The van der Waals surface area contributed by atoms with Gasteiger partial charge in [-0.3, -0.25) is 9.78 Å². The highest BCUT2D eigenvalue weighted by Crippen LogP contribution is 2.11. The number of hydrogen-bond donors (Lipinski definition) is 1. The van der Waals surface area contributed by atoms with Crippen molar-refractivity contribution in [3.05, 3.63) is 41.3 Å². The summed E-state index contributed by atoms with van der Waals surface area (Å²) in [6.07, 6.45) is 3.24. The van der Waals surface area contributed by atoms with Gasteiger partial charge in [-0.05, 0) is 32.4 Å². The van der Waals surface area contributed by atoms with Gasteiger partial charge in [0.25, 0.3) is 5.91 Å². The fourth-order valence-electron chi connectivity index (χ4n) is 1.55. The number of pyridine rings is 1. The zero-order valence-corrected chi connectivity index (χ0v) is 10.5. The maximum absolute atomic E-state index is 12.0. The summed E-state index contributed by atoms with van der Waals surface area (Å²) in [5.41, 5.74) is 1.41. The second-order valence-electron chi connectivity index (χ2n) is 4.07. The number of nitrogens with zero attached hydrogens (tertiary/aromatic N) is 3. The molecular weight excluding hydrogens is 232 g/mol. The minimum absolute atomic E-state index is 0.182. The smallest absolute Gasteiger partial charge is 0.252 e. The van der Waals surface area contributed by atoms with E-state index in [-0.39, 0.29) is 11.9 Å². The molecule has 2 aromatic heterocycles. The van der Waals surface area contributed by atoms with Gasteiger partial charge >= 0.3 is 0 Å². The van der Waals surface area contributed by atoms with Crippen LogP contribution in [0.5, 0.6) is 0 Å². The molecule has 0 radical (unpaired) electrons. The summed E-state index contributed by atoms with van der Waals surface area (Å²) in [5, 5.41) is 6.49. The maximum Gasteiger partial charge on any atom is 0.252 e.